The highest BCUT2D eigenvalue weighted by Gasteiger charge is 2.59. The molecule has 0 radical (unpaired) electrons. The van der Waals surface area contributed by atoms with E-state index in [-0.39, 0.29) is 5.56 Å². The van der Waals surface area contributed by atoms with E-state index >= 15 is 0 Å². The molecule has 1 aromatic carbocycles. The van der Waals surface area contributed by atoms with Crippen molar-refractivity contribution in [3.8, 4) is 0 Å². The van der Waals surface area contributed by atoms with E-state index in [1.54, 1.807) is 6.07 Å². The van der Waals surface area contributed by atoms with Crippen molar-refractivity contribution in [2.45, 2.75) is 18.6 Å². The van der Waals surface area contributed by atoms with Crippen molar-refractivity contribution in [2.24, 2.45) is 5.92 Å². The van der Waals surface area contributed by atoms with Gasteiger partial charge in [-0.05, 0) is 5.92 Å². The molecule has 0 aliphatic carbocycles. The molecule has 0 aromatic heterocycles. The summed E-state index contributed by atoms with van der Waals surface area (Å²) in [4.78, 5) is 23.6. The Bertz CT molecular complexity index is 590. The van der Waals surface area contributed by atoms with Crippen molar-refractivity contribution in [3.05, 3.63) is 35.9 Å². The molecular weight excluding hydrogens is 272 g/mol. The first-order valence-electron chi connectivity index (χ1n) is 5.46. The first kappa shape index (κ1) is 15.3. The second-order valence-electron chi connectivity index (χ2n) is 4.37. The van der Waals surface area contributed by atoms with Gasteiger partial charge in [-0.1, -0.05) is 44.2 Å². The molecule has 1 atom stereocenters. The minimum Gasteiger partial charge on any atom is -0.480 e. The summed E-state index contributed by atoms with van der Waals surface area (Å²) >= 11 is 0. The number of Topliss-reactive ketones (excluding diaryl/α,β-unsaturated/α-hetero) is 1. The normalized spacial score (nSPS) is 14.9. The molecule has 0 saturated heterocycles. The van der Waals surface area contributed by atoms with Gasteiger partial charge in [0.15, 0.2) is 5.78 Å². The summed E-state index contributed by atoms with van der Waals surface area (Å²) in [6, 6.07) is 7.15. The summed E-state index contributed by atoms with van der Waals surface area (Å²) in [6.45, 7) is 2.51. The fourth-order valence-corrected chi connectivity index (χ4v) is 3.10. The number of carboxylic acids is 1. The van der Waals surface area contributed by atoms with Gasteiger partial charge >= 0.3 is 5.97 Å². The van der Waals surface area contributed by atoms with Gasteiger partial charge in [0.1, 0.15) is 0 Å². The summed E-state index contributed by atoms with van der Waals surface area (Å²) < 4.78 is 29.4. The van der Waals surface area contributed by atoms with Gasteiger partial charge in [0.2, 0.25) is 0 Å². The van der Waals surface area contributed by atoms with Crippen LogP contribution in [0.4, 0.5) is 0 Å². The quantitative estimate of drug-likeness (QED) is 0.479. The van der Waals surface area contributed by atoms with Crippen LogP contribution in [-0.2, 0) is 14.9 Å². The van der Waals surface area contributed by atoms with Crippen molar-refractivity contribution in [1.29, 1.82) is 0 Å². The molecule has 6 nitrogen and oxygen atoms in total. The Morgan fingerprint density at radius 1 is 1.16 bits per heavy atom. The maximum atomic E-state index is 12.3. The molecule has 0 fully saturated rings. The largest absolute Gasteiger partial charge is 0.480 e. The zero-order valence-corrected chi connectivity index (χ0v) is 11.2. The highest BCUT2D eigenvalue weighted by Crippen LogP contribution is 2.31. The number of ketones is 1. The summed E-state index contributed by atoms with van der Waals surface area (Å²) in [5.41, 5.74) is -0.0868. The zero-order valence-electron chi connectivity index (χ0n) is 10.4. The smallest absolute Gasteiger partial charge is 0.336 e. The van der Waals surface area contributed by atoms with Gasteiger partial charge in [-0.15, -0.1) is 0 Å². The molecule has 0 spiro atoms. The van der Waals surface area contributed by atoms with Crippen LogP contribution >= 0.6 is 0 Å². The molecule has 0 unspecified atom stereocenters. The van der Waals surface area contributed by atoms with E-state index in [9.17, 15) is 27.7 Å². The van der Waals surface area contributed by atoms with E-state index in [4.69, 9.17) is 0 Å². The number of hydrogen-bond donors (Lipinski definition) is 2. The predicted octanol–water partition coefficient (Wildman–Crippen LogP) is 1.24. The molecule has 1 aromatic rings. The van der Waals surface area contributed by atoms with Crippen LogP contribution in [0.2, 0.25) is 0 Å². The average molecular weight is 286 g/mol. The average Bonchev–Trinajstić information content (AvgIpc) is 2.27. The summed E-state index contributed by atoms with van der Waals surface area (Å²) in [5.74, 6) is -4.18. The maximum absolute atomic E-state index is 12.3. The number of hydrogen-bond acceptors (Lipinski definition) is 4. The third-order valence-electron chi connectivity index (χ3n) is 2.91. The Labute approximate surface area is 110 Å². The molecule has 0 bridgehead atoms. The Kier molecular flexibility index (Phi) is 4.12. The fraction of sp³-hybridized carbons (Fsp3) is 0.333. The lowest BCUT2D eigenvalue weighted by Crippen LogP contribution is -2.57. The van der Waals surface area contributed by atoms with E-state index in [0.29, 0.717) is 0 Å². The third kappa shape index (κ3) is 2.39. The predicted molar refractivity (Wildman–Crippen MR) is 67.5 cm³/mol. The second-order valence-corrected chi connectivity index (χ2v) is 5.96. The van der Waals surface area contributed by atoms with Gasteiger partial charge in [0.05, 0.1) is 0 Å². The van der Waals surface area contributed by atoms with Crippen molar-refractivity contribution < 1.29 is 27.7 Å². The lowest BCUT2D eigenvalue weighted by atomic mass is 9.87. The molecular formula is C12H14O6S. The van der Waals surface area contributed by atoms with Gasteiger partial charge < -0.3 is 5.11 Å². The monoisotopic (exact) mass is 286 g/mol. The van der Waals surface area contributed by atoms with Crippen LogP contribution in [0, 0.1) is 5.92 Å². The number of benzene rings is 1. The first-order valence-corrected chi connectivity index (χ1v) is 6.90. The van der Waals surface area contributed by atoms with E-state index in [0.717, 1.165) is 0 Å². The van der Waals surface area contributed by atoms with Crippen LogP contribution in [0.5, 0.6) is 0 Å². The van der Waals surface area contributed by atoms with Crippen molar-refractivity contribution in [2.75, 3.05) is 0 Å². The molecule has 7 heteroatoms. The number of carbonyl (C=O) groups excluding carboxylic acids is 1. The standard InChI is InChI=1S/C12H14O6S/c1-8(2)12(11(14)15,19(16,17)18)10(13)9-6-4-3-5-7-9/h3-8H,1-2H3,(H,14,15)(H,16,17,18)/t12-/m1/s1. The molecule has 104 valence electrons. The lowest BCUT2D eigenvalue weighted by Gasteiger charge is -2.28. The molecule has 0 heterocycles. The van der Waals surface area contributed by atoms with E-state index < -0.39 is 32.5 Å². The van der Waals surface area contributed by atoms with E-state index in [1.165, 1.54) is 38.1 Å². The molecule has 0 aliphatic rings. The number of carboxylic acid groups (broad SMARTS) is 1. The van der Waals surface area contributed by atoms with Crippen LogP contribution < -0.4 is 0 Å². The minimum atomic E-state index is -5.12. The molecule has 2 N–H and O–H groups in total. The van der Waals surface area contributed by atoms with Crippen molar-refractivity contribution >= 4 is 21.9 Å². The molecule has 0 amide bonds. The van der Waals surface area contributed by atoms with Crippen LogP contribution in [-0.4, -0.2) is 34.6 Å². The van der Waals surface area contributed by atoms with Gasteiger partial charge in [-0.25, -0.2) is 4.79 Å². The molecule has 1 rings (SSSR count). The van der Waals surface area contributed by atoms with E-state index in [1.807, 2.05) is 0 Å². The Balaban J connectivity index is 3.59. The number of carbonyl (C=O) groups is 2. The first-order chi connectivity index (χ1) is 8.65. The van der Waals surface area contributed by atoms with E-state index in [2.05, 4.69) is 0 Å². The minimum absolute atomic E-state index is 0.0868. The third-order valence-corrected chi connectivity index (χ3v) is 4.56. The zero-order chi connectivity index (χ0) is 14.8. The maximum Gasteiger partial charge on any atom is 0.336 e. The van der Waals surface area contributed by atoms with Crippen molar-refractivity contribution in [1.82, 2.24) is 0 Å². The summed E-state index contributed by atoms with van der Waals surface area (Å²) in [5, 5.41) is 9.20. The number of rotatable bonds is 5. The number of aliphatic carboxylic acids is 1. The SMILES string of the molecule is CC(C)[C@](C(=O)O)(C(=O)c1ccccc1)S(=O)(=O)O. The second kappa shape index (κ2) is 5.10. The molecule has 0 saturated carbocycles. The van der Waals surface area contributed by atoms with Crippen LogP contribution in [0.25, 0.3) is 0 Å². The van der Waals surface area contributed by atoms with Gasteiger partial charge in [0.25, 0.3) is 14.9 Å². The topological polar surface area (TPSA) is 109 Å². The summed E-state index contributed by atoms with van der Waals surface area (Å²) in [7, 11) is -5.12. The highest BCUT2D eigenvalue weighted by molar-refractivity contribution is 7.89. The van der Waals surface area contributed by atoms with Gasteiger partial charge in [-0.2, -0.15) is 8.42 Å². The van der Waals surface area contributed by atoms with Gasteiger partial charge in [0, 0.05) is 5.56 Å². The van der Waals surface area contributed by atoms with Crippen molar-refractivity contribution in [3.63, 3.8) is 0 Å². The molecule has 0 aliphatic heterocycles. The highest BCUT2D eigenvalue weighted by atomic mass is 32.2. The van der Waals surface area contributed by atoms with Gasteiger partial charge in [-0.3, -0.25) is 9.35 Å². The van der Waals surface area contributed by atoms with Crippen LogP contribution in [0.15, 0.2) is 30.3 Å². The Morgan fingerprint density at radius 2 is 1.63 bits per heavy atom. The molecule has 19 heavy (non-hydrogen) atoms. The fourth-order valence-electron chi connectivity index (χ4n) is 1.94. The Hall–Kier alpha value is -1.73. The lowest BCUT2D eigenvalue weighted by molar-refractivity contribution is -0.139. The van der Waals surface area contributed by atoms with Crippen LogP contribution in [0.3, 0.4) is 0 Å². The van der Waals surface area contributed by atoms with Crippen LogP contribution in [0.1, 0.15) is 24.2 Å². The summed E-state index contributed by atoms with van der Waals surface area (Å²) in [6.07, 6.45) is 0. The Morgan fingerprint density at radius 3 is 1.95 bits per heavy atom.